The molecular formula is C22H26ClN5O3S. The van der Waals surface area contributed by atoms with E-state index in [1.54, 1.807) is 17.5 Å². The fraction of sp³-hybridized carbons (Fsp3) is 0.364. The second-order valence-electron chi connectivity index (χ2n) is 7.86. The number of nitrogens with one attached hydrogen (secondary N) is 1. The number of amides is 1. The van der Waals surface area contributed by atoms with Crippen LogP contribution < -0.4 is 21.9 Å². The van der Waals surface area contributed by atoms with Crippen molar-refractivity contribution in [1.29, 1.82) is 0 Å². The monoisotopic (exact) mass is 475 g/mol. The molecule has 2 heterocycles. The van der Waals surface area contributed by atoms with Crippen LogP contribution in [0.25, 0.3) is 10.6 Å². The number of halogens is 1. The number of aromatic amines is 1. The number of carbonyl (C=O) groups excluding carboxylic acids is 1. The first-order valence-electron chi connectivity index (χ1n) is 10.4. The van der Waals surface area contributed by atoms with Crippen LogP contribution in [-0.4, -0.2) is 27.0 Å². The van der Waals surface area contributed by atoms with E-state index in [9.17, 15) is 14.4 Å². The van der Waals surface area contributed by atoms with Gasteiger partial charge in [0.2, 0.25) is 0 Å². The quantitative estimate of drug-likeness (QED) is 0.511. The van der Waals surface area contributed by atoms with Gasteiger partial charge in [-0.05, 0) is 24.5 Å². The van der Waals surface area contributed by atoms with Crippen molar-refractivity contribution in [3.8, 4) is 10.6 Å². The molecule has 0 fully saturated rings. The first-order chi connectivity index (χ1) is 15.2. The highest BCUT2D eigenvalue weighted by Crippen LogP contribution is 2.28. The van der Waals surface area contributed by atoms with Crippen LogP contribution in [0.5, 0.6) is 0 Å². The lowest BCUT2D eigenvalue weighted by atomic mass is 10.2. The van der Waals surface area contributed by atoms with Gasteiger partial charge in [-0.2, -0.15) is 0 Å². The van der Waals surface area contributed by atoms with Crippen LogP contribution >= 0.6 is 22.9 Å². The van der Waals surface area contributed by atoms with E-state index in [4.69, 9.17) is 17.3 Å². The second kappa shape index (κ2) is 10.1. The SMILES string of the molecule is CCCCN(C(=O)c1csc(-c2cccc(Cl)c2)n1)c1c(N)n(CC(C)C)c(=O)[nH]c1=O. The van der Waals surface area contributed by atoms with E-state index >= 15 is 0 Å². The number of anilines is 2. The van der Waals surface area contributed by atoms with Crippen molar-refractivity contribution < 1.29 is 4.79 Å². The van der Waals surface area contributed by atoms with Gasteiger partial charge in [-0.15, -0.1) is 11.3 Å². The highest BCUT2D eigenvalue weighted by molar-refractivity contribution is 7.13. The van der Waals surface area contributed by atoms with E-state index in [1.807, 2.05) is 32.9 Å². The smallest absolute Gasteiger partial charge is 0.330 e. The standard InChI is InChI=1S/C22H26ClN5O3S/c1-4-5-9-27(17-18(24)28(11-13(2)3)22(31)26-19(17)29)21(30)16-12-32-20(25-16)14-7-6-8-15(23)10-14/h6-8,10,12-13H,4-5,9,11,24H2,1-3H3,(H,26,29,31). The Balaban J connectivity index is 2.05. The van der Waals surface area contributed by atoms with E-state index < -0.39 is 17.2 Å². The van der Waals surface area contributed by atoms with Crippen LogP contribution in [0.2, 0.25) is 5.02 Å². The number of H-pyrrole nitrogens is 1. The summed E-state index contributed by atoms with van der Waals surface area (Å²) in [5.74, 6) is -0.357. The largest absolute Gasteiger partial charge is 0.383 e. The van der Waals surface area contributed by atoms with Crippen molar-refractivity contribution in [2.75, 3.05) is 17.2 Å². The highest BCUT2D eigenvalue weighted by Gasteiger charge is 2.27. The molecule has 3 aromatic rings. The maximum atomic E-state index is 13.4. The number of carbonyl (C=O) groups is 1. The number of thiazole rings is 1. The van der Waals surface area contributed by atoms with Crippen LogP contribution in [0, 0.1) is 5.92 Å². The van der Waals surface area contributed by atoms with E-state index in [0.717, 1.165) is 12.0 Å². The summed E-state index contributed by atoms with van der Waals surface area (Å²) in [6.45, 7) is 6.44. The summed E-state index contributed by atoms with van der Waals surface area (Å²) in [6, 6.07) is 7.21. The lowest BCUT2D eigenvalue weighted by Crippen LogP contribution is -2.42. The Labute approximate surface area is 194 Å². The minimum atomic E-state index is -0.692. The molecule has 0 aliphatic heterocycles. The number of unbranched alkanes of at least 4 members (excludes halogenated alkanes) is 1. The minimum Gasteiger partial charge on any atom is -0.383 e. The van der Waals surface area contributed by atoms with Crippen LogP contribution in [-0.2, 0) is 6.54 Å². The van der Waals surface area contributed by atoms with Gasteiger partial charge in [0.25, 0.3) is 11.5 Å². The Morgan fingerprint density at radius 2 is 2.09 bits per heavy atom. The molecule has 1 amide bonds. The summed E-state index contributed by atoms with van der Waals surface area (Å²) >= 11 is 7.38. The zero-order valence-corrected chi connectivity index (χ0v) is 19.8. The van der Waals surface area contributed by atoms with Gasteiger partial charge < -0.3 is 5.73 Å². The van der Waals surface area contributed by atoms with Crippen molar-refractivity contribution in [2.45, 2.75) is 40.2 Å². The number of nitrogens with zero attached hydrogens (tertiary/aromatic N) is 3. The molecule has 170 valence electrons. The number of hydrogen-bond donors (Lipinski definition) is 2. The van der Waals surface area contributed by atoms with Crippen molar-refractivity contribution in [3.63, 3.8) is 0 Å². The highest BCUT2D eigenvalue weighted by atomic mass is 35.5. The first kappa shape index (κ1) is 23.7. The normalized spacial score (nSPS) is 11.2. The van der Waals surface area contributed by atoms with Crippen molar-refractivity contribution in [1.82, 2.24) is 14.5 Å². The molecule has 0 aliphatic carbocycles. The number of aromatic nitrogens is 3. The van der Waals surface area contributed by atoms with E-state index in [0.29, 0.717) is 23.0 Å². The molecule has 0 radical (unpaired) electrons. The third-order valence-electron chi connectivity index (χ3n) is 4.81. The van der Waals surface area contributed by atoms with E-state index in [2.05, 4.69) is 9.97 Å². The zero-order valence-electron chi connectivity index (χ0n) is 18.2. The molecule has 0 unspecified atom stereocenters. The average molecular weight is 476 g/mol. The predicted octanol–water partition coefficient (Wildman–Crippen LogP) is 4.00. The van der Waals surface area contributed by atoms with Crippen molar-refractivity contribution in [3.05, 3.63) is 61.2 Å². The molecular weight excluding hydrogens is 450 g/mol. The molecule has 0 atom stereocenters. The molecule has 10 heteroatoms. The molecule has 0 saturated heterocycles. The molecule has 0 saturated carbocycles. The maximum absolute atomic E-state index is 13.4. The first-order valence-corrected chi connectivity index (χ1v) is 11.6. The third kappa shape index (κ3) is 5.11. The van der Waals surface area contributed by atoms with Crippen LogP contribution in [0.3, 0.4) is 0 Å². The summed E-state index contributed by atoms with van der Waals surface area (Å²) in [5.41, 5.74) is 5.93. The minimum absolute atomic E-state index is 0.0257. The number of hydrogen-bond acceptors (Lipinski definition) is 6. The maximum Gasteiger partial charge on any atom is 0.330 e. The lowest BCUT2D eigenvalue weighted by molar-refractivity contribution is 0.0982. The molecule has 0 aliphatic rings. The number of benzene rings is 1. The van der Waals surface area contributed by atoms with Gasteiger partial charge in [0.15, 0.2) is 5.69 Å². The average Bonchev–Trinajstić information content (AvgIpc) is 3.23. The molecule has 0 spiro atoms. The Morgan fingerprint density at radius 1 is 1.34 bits per heavy atom. The summed E-state index contributed by atoms with van der Waals surface area (Å²) in [6.07, 6.45) is 1.46. The zero-order chi connectivity index (χ0) is 23.4. The molecule has 8 nitrogen and oxygen atoms in total. The summed E-state index contributed by atoms with van der Waals surface area (Å²) in [5, 5.41) is 2.85. The molecule has 0 bridgehead atoms. The fourth-order valence-electron chi connectivity index (χ4n) is 3.28. The Hall–Kier alpha value is -2.91. The summed E-state index contributed by atoms with van der Waals surface area (Å²) in [4.78, 5) is 46.6. The lowest BCUT2D eigenvalue weighted by Gasteiger charge is -2.24. The van der Waals surface area contributed by atoms with E-state index in [-0.39, 0.29) is 29.7 Å². The fourth-order valence-corrected chi connectivity index (χ4v) is 4.26. The van der Waals surface area contributed by atoms with Crippen LogP contribution in [0.1, 0.15) is 44.1 Å². The van der Waals surface area contributed by atoms with Gasteiger partial charge >= 0.3 is 5.69 Å². The topological polar surface area (TPSA) is 114 Å². The molecule has 3 N–H and O–H groups in total. The third-order valence-corrected chi connectivity index (χ3v) is 5.93. The number of rotatable bonds is 8. The van der Waals surface area contributed by atoms with Crippen LogP contribution in [0.4, 0.5) is 11.5 Å². The van der Waals surface area contributed by atoms with Gasteiger partial charge in [-0.3, -0.25) is 24.0 Å². The van der Waals surface area contributed by atoms with Crippen LogP contribution in [0.15, 0.2) is 39.2 Å². The van der Waals surface area contributed by atoms with Gasteiger partial charge in [0.05, 0.1) is 0 Å². The molecule has 1 aromatic carbocycles. The Morgan fingerprint density at radius 3 is 2.75 bits per heavy atom. The number of nitrogen functional groups attached to an aromatic ring is 1. The molecule has 32 heavy (non-hydrogen) atoms. The van der Waals surface area contributed by atoms with Gasteiger partial charge in [-0.1, -0.05) is 50.9 Å². The molecule has 3 rings (SSSR count). The van der Waals surface area contributed by atoms with E-state index in [1.165, 1.54) is 20.8 Å². The Kier molecular flexibility index (Phi) is 7.52. The summed E-state index contributed by atoms with van der Waals surface area (Å²) < 4.78 is 1.30. The van der Waals surface area contributed by atoms with Crippen molar-refractivity contribution in [2.24, 2.45) is 5.92 Å². The van der Waals surface area contributed by atoms with Gasteiger partial charge in [-0.25, -0.2) is 9.78 Å². The number of nitrogens with two attached hydrogens (primary N) is 1. The Bertz CT molecular complexity index is 1230. The molecule has 2 aromatic heterocycles. The summed E-state index contributed by atoms with van der Waals surface area (Å²) in [7, 11) is 0. The second-order valence-corrected chi connectivity index (χ2v) is 9.15. The van der Waals surface area contributed by atoms with Gasteiger partial charge in [0.1, 0.15) is 16.5 Å². The van der Waals surface area contributed by atoms with Gasteiger partial charge in [0, 0.05) is 29.1 Å². The van der Waals surface area contributed by atoms with Crippen molar-refractivity contribution >= 4 is 40.4 Å². The predicted molar refractivity (Wildman–Crippen MR) is 130 cm³/mol.